The Kier molecular flexibility index (Phi) is 6.01. The number of carbonyl (C=O) groups excluding carboxylic acids is 1. The second-order valence-electron chi connectivity index (χ2n) is 3.30. The van der Waals surface area contributed by atoms with Gasteiger partial charge in [0.15, 0.2) is 0 Å². The number of nitrogens with one attached hydrogen (secondary N) is 2. The zero-order chi connectivity index (χ0) is 14.3. The van der Waals surface area contributed by atoms with Crippen LogP contribution in [-0.4, -0.2) is 35.8 Å². The molecule has 2 N–H and O–H groups in total. The Morgan fingerprint density at radius 2 is 1.89 bits per heavy atom. The van der Waals surface area contributed by atoms with Gasteiger partial charge in [0.2, 0.25) is 5.62 Å². The summed E-state index contributed by atoms with van der Waals surface area (Å²) in [6.07, 6.45) is 1.37. The minimum absolute atomic E-state index is 0.119. The third-order valence-electron chi connectivity index (χ3n) is 1.91. The zero-order valence-electron chi connectivity index (χ0n) is 11.1. The Morgan fingerprint density at radius 3 is 2.42 bits per heavy atom. The number of rotatable bonds is 7. The van der Waals surface area contributed by atoms with E-state index >= 15 is 0 Å². The Morgan fingerprint density at radius 1 is 1.26 bits per heavy atom. The van der Waals surface area contributed by atoms with E-state index in [4.69, 9.17) is 13.8 Å². The van der Waals surface area contributed by atoms with Gasteiger partial charge < -0.3 is 14.7 Å². The number of nitrogens with zero attached hydrogens (tertiary/aromatic N) is 1. The highest BCUT2D eigenvalue weighted by Gasteiger charge is 2.22. The summed E-state index contributed by atoms with van der Waals surface area (Å²) in [5.74, 6) is -0.525. The van der Waals surface area contributed by atoms with E-state index in [1.807, 2.05) is 0 Å². The standard InChI is InChI=1S/C10H18N3O5P/c1-4-16-9(14)8-7-11-10(12-8)13-19(15,17-5-2)18-6-3/h7H,4-6H2,1-3H3,(H2,11,12,13,15). The van der Waals surface area contributed by atoms with Crippen LogP contribution >= 0.6 is 7.75 Å². The van der Waals surface area contributed by atoms with Crippen molar-refractivity contribution in [3.63, 3.8) is 0 Å². The Labute approximate surface area is 110 Å². The summed E-state index contributed by atoms with van der Waals surface area (Å²) >= 11 is 0. The van der Waals surface area contributed by atoms with Crippen molar-refractivity contribution in [1.29, 1.82) is 0 Å². The lowest BCUT2D eigenvalue weighted by Crippen LogP contribution is -2.10. The van der Waals surface area contributed by atoms with Gasteiger partial charge in [0.1, 0.15) is 5.69 Å². The molecule has 1 heterocycles. The topological polar surface area (TPSA) is 106 Å². The summed E-state index contributed by atoms with van der Waals surface area (Å²) in [6, 6.07) is 0. The van der Waals surface area contributed by atoms with Gasteiger partial charge in [0.25, 0.3) is 0 Å². The fraction of sp³-hybridized carbons (Fsp3) is 0.600. The molecule has 108 valence electrons. The molecule has 0 aliphatic heterocycles. The van der Waals surface area contributed by atoms with Crippen LogP contribution in [0.25, 0.3) is 0 Å². The van der Waals surface area contributed by atoms with Crippen LogP contribution in [0.15, 0.2) is 11.0 Å². The van der Waals surface area contributed by atoms with Gasteiger partial charge in [0.05, 0.1) is 19.8 Å². The molecule has 0 aliphatic carbocycles. The van der Waals surface area contributed by atoms with Gasteiger partial charge in [0, 0.05) is 6.20 Å². The molecule has 1 aromatic heterocycles. The van der Waals surface area contributed by atoms with Crippen molar-refractivity contribution in [2.24, 2.45) is 4.76 Å². The van der Waals surface area contributed by atoms with Gasteiger partial charge in [-0.15, -0.1) is 4.76 Å². The highest BCUT2D eigenvalue weighted by Crippen LogP contribution is 2.48. The molecule has 8 nitrogen and oxygen atoms in total. The Balaban J connectivity index is 2.98. The number of H-pyrrole nitrogens is 2. The van der Waals surface area contributed by atoms with E-state index < -0.39 is 13.7 Å². The van der Waals surface area contributed by atoms with Crippen LogP contribution in [0.2, 0.25) is 0 Å². The van der Waals surface area contributed by atoms with Crippen molar-refractivity contribution in [1.82, 2.24) is 9.97 Å². The molecule has 1 rings (SSSR count). The Bertz CT molecular complexity index is 511. The summed E-state index contributed by atoms with van der Waals surface area (Å²) in [4.78, 5) is 16.7. The molecule has 0 saturated heterocycles. The number of hydrogen-bond acceptors (Lipinski definition) is 5. The predicted octanol–water partition coefficient (Wildman–Crippen LogP) is 1.60. The van der Waals surface area contributed by atoms with Crippen LogP contribution in [0.4, 0.5) is 0 Å². The van der Waals surface area contributed by atoms with E-state index in [0.717, 1.165) is 0 Å². The van der Waals surface area contributed by atoms with Gasteiger partial charge in [-0.1, -0.05) is 0 Å². The molecule has 0 bridgehead atoms. The summed E-state index contributed by atoms with van der Waals surface area (Å²) in [5, 5.41) is 0. The SMILES string of the molecule is CCOC(=O)c1c[nH]/c(=N/P(=O)(OCC)OCC)[nH]1. The van der Waals surface area contributed by atoms with E-state index in [9.17, 15) is 9.36 Å². The van der Waals surface area contributed by atoms with Crippen LogP contribution in [-0.2, 0) is 18.3 Å². The molecule has 0 spiro atoms. The number of aromatic nitrogens is 2. The van der Waals surface area contributed by atoms with E-state index in [2.05, 4.69) is 14.7 Å². The van der Waals surface area contributed by atoms with Gasteiger partial charge in [-0.05, 0) is 20.8 Å². The molecule has 1 aromatic rings. The summed E-state index contributed by atoms with van der Waals surface area (Å²) < 4.78 is 30.8. The summed E-state index contributed by atoms with van der Waals surface area (Å²) in [7, 11) is -3.56. The first kappa shape index (κ1) is 15.7. The van der Waals surface area contributed by atoms with E-state index in [1.54, 1.807) is 20.8 Å². The van der Waals surface area contributed by atoms with Crippen LogP contribution < -0.4 is 5.62 Å². The number of hydrogen-bond donors (Lipinski definition) is 2. The molecule has 0 aromatic carbocycles. The number of esters is 1. The molecule has 0 fully saturated rings. The van der Waals surface area contributed by atoms with Gasteiger partial charge in [-0.2, -0.15) is 0 Å². The first-order valence-corrected chi connectivity index (χ1v) is 7.44. The monoisotopic (exact) mass is 291 g/mol. The quantitative estimate of drug-likeness (QED) is 0.586. The van der Waals surface area contributed by atoms with Crippen molar-refractivity contribution >= 4 is 13.7 Å². The molecule has 19 heavy (non-hydrogen) atoms. The smallest absolute Gasteiger partial charge is 0.457 e. The van der Waals surface area contributed by atoms with Gasteiger partial charge in [-0.25, -0.2) is 9.36 Å². The van der Waals surface area contributed by atoms with Crippen LogP contribution in [0.1, 0.15) is 31.3 Å². The van der Waals surface area contributed by atoms with Crippen molar-refractivity contribution < 1.29 is 23.1 Å². The lowest BCUT2D eigenvalue weighted by Gasteiger charge is -2.10. The number of carbonyl (C=O) groups is 1. The van der Waals surface area contributed by atoms with E-state index in [-0.39, 0.29) is 31.1 Å². The fourth-order valence-electron chi connectivity index (χ4n) is 1.26. The second-order valence-corrected chi connectivity index (χ2v) is 4.95. The summed E-state index contributed by atoms with van der Waals surface area (Å²) in [5.41, 5.74) is 0.299. The Hall–Kier alpha value is -1.37. The highest BCUT2D eigenvalue weighted by molar-refractivity contribution is 7.52. The fourth-order valence-corrected chi connectivity index (χ4v) is 2.45. The summed E-state index contributed by atoms with van der Waals surface area (Å²) in [6.45, 7) is 5.74. The van der Waals surface area contributed by atoms with Crippen molar-refractivity contribution in [3.05, 3.63) is 17.5 Å². The van der Waals surface area contributed by atoms with E-state index in [0.29, 0.717) is 0 Å². The zero-order valence-corrected chi connectivity index (χ0v) is 12.0. The number of aromatic amines is 2. The minimum atomic E-state index is -3.56. The molecule has 0 atom stereocenters. The van der Waals surface area contributed by atoms with Gasteiger partial charge in [-0.3, -0.25) is 9.05 Å². The molecule has 9 heteroatoms. The molecular weight excluding hydrogens is 273 g/mol. The maximum Gasteiger partial charge on any atom is 0.457 e. The third-order valence-corrected chi connectivity index (χ3v) is 3.52. The van der Waals surface area contributed by atoms with Crippen LogP contribution in [0.5, 0.6) is 0 Å². The molecular formula is C10H18N3O5P. The van der Waals surface area contributed by atoms with Crippen LogP contribution in [0.3, 0.4) is 0 Å². The molecule has 0 amide bonds. The number of imidazole rings is 1. The lowest BCUT2D eigenvalue weighted by atomic mass is 10.5. The van der Waals surface area contributed by atoms with Crippen molar-refractivity contribution in [3.8, 4) is 0 Å². The average Bonchev–Trinajstić information content (AvgIpc) is 2.78. The highest BCUT2D eigenvalue weighted by atomic mass is 31.2. The molecule has 0 aliphatic rings. The van der Waals surface area contributed by atoms with Gasteiger partial charge >= 0.3 is 13.7 Å². The minimum Gasteiger partial charge on any atom is -0.461 e. The third kappa shape index (κ3) is 4.66. The molecule has 0 unspecified atom stereocenters. The maximum atomic E-state index is 12.1. The predicted molar refractivity (Wildman–Crippen MR) is 67.5 cm³/mol. The molecule has 0 saturated carbocycles. The van der Waals surface area contributed by atoms with Crippen LogP contribution in [0, 0.1) is 0 Å². The van der Waals surface area contributed by atoms with Crippen molar-refractivity contribution in [2.45, 2.75) is 20.8 Å². The van der Waals surface area contributed by atoms with Crippen molar-refractivity contribution in [2.75, 3.05) is 19.8 Å². The molecule has 0 radical (unpaired) electrons. The normalized spacial score (nSPS) is 12.7. The first-order valence-electron chi connectivity index (χ1n) is 5.94. The largest absolute Gasteiger partial charge is 0.461 e. The first-order chi connectivity index (χ1) is 9.04. The van der Waals surface area contributed by atoms with E-state index in [1.165, 1.54) is 6.20 Å². The lowest BCUT2D eigenvalue weighted by molar-refractivity contribution is 0.0520. The second kappa shape index (κ2) is 7.28. The average molecular weight is 291 g/mol. The maximum absolute atomic E-state index is 12.1. The number of ether oxygens (including phenoxy) is 1.